The lowest BCUT2D eigenvalue weighted by atomic mass is 9.85. The van der Waals surface area contributed by atoms with Crippen LogP contribution in [-0.2, 0) is 4.74 Å². The summed E-state index contributed by atoms with van der Waals surface area (Å²) in [5.41, 5.74) is 6.28. The van der Waals surface area contributed by atoms with Gasteiger partial charge >= 0.3 is 0 Å². The summed E-state index contributed by atoms with van der Waals surface area (Å²) in [5.74, 6) is 0.720. The molecule has 1 fully saturated rings. The first kappa shape index (κ1) is 12.0. The lowest BCUT2D eigenvalue weighted by Gasteiger charge is -2.35. The van der Waals surface area contributed by atoms with Gasteiger partial charge in [-0.2, -0.15) is 0 Å². The summed E-state index contributed by atoms with van der Waals surface area (Å²) >= 11 is 0. The van der Waals surface area contributed by atoms with Gasteiger partial charge in [0, 0.05) is 13.2 Å². The van der Waals surface area contributed by atoms with E-state index in [1.165, 1.54) is 19.3 Å². The lowest BCUT2D eigenvalue weighted by Crippen LogP contribution is -2.48. The molecule has 2 heteroatoms. The molecule has 14 heavy (non-hydrogen) atoms. The molecule has 0 heterocycles. The van der Waals surface area contributed by atoms with Crippen molar-refractivity contribution in [2.45, 2.75) is 64.0 Å². The SMILES string of the molecule is CCC(C)CC(N)C1(OC)CCCC1. The molecule has 2 nitrogen and oxygen atoms in total. The Bertz CT molecular complexity index is 164. The second kappa shape index (κ2) is 5.13. The van der Waals surface area contributed by atoms with Gasteiger partial charge in [0.15, 0.2) is 0 Å². The van der Waals surface area contributed by atoms with Crippen LogP contribution in [0.2, 0.25) is 0 Å². The van der Waals surface area contributed by atoms with Gasteiger partial charge in [0.1, 0.15) is 0 Å². The second-order valence-corrected chi connectivity index (χ2v) is 4.83. The minimum atomic E-state index is 0.00340. The van der Waals surface area contributed by atoms with Crippen LogP contribution in [0.1, 0.15) is 52.4 Å². The van der Waals surface area contributed by atoms with Crippen molar-refractivity contribution in [2.75, 3.05) is 7.11 Å². The van der Waals surface area contributed by atoms with Gasteiger partial charge in [0.05, 0.1) is 5.60 Å². The van der Waals surface area contributed by atoms with Crippen LogP contribution >= 0.6 is 0 Å². The van der Waals surface area contributed by atoms with E-state index in [4.69, 9.17) is 10.5 Å². The number of methoxy groups -OCH3 is 1. The normalized spacial score (nSPS) is 24.9. The van der Waals surface area contributed by atoms with E-state index >= 15 is 0 Å². The topological polar surface area (TPSA) is 35.2 Å². The van der Waals surface area contributed by atoms with Crippen molar-refractivity contribution in [3.05, 3.63) is 0 Å². The van der Waals surface area contributed by atoms with Gasteiger partial charge < -0.3 is 10.5 Å². The maximum Gasteiger partial charge on any atom is 0.0828 e. The van der Waals surface area contributed by atoms with Gasteiger partial charge in [0.2, 0.25) is 0 Å². The number of nitrogens with two attached hydrogens (primary N) is 1. The molecule has 1 saturated carbocycles. The molecule has 0 aliphatic heterocycles. The molecule has 0 aromatic carbocycles. The van der Waals surface area contributed by atoms with E-state index in [1.807, 2.05) is 7.11 Å². The van der Waals surface area contributed by atoms with Crippen molar-refractivity contribution < 1.29 is 4.74 Å². The van der Waals surface area contributed by atoms with Gasteiger partial charge in [-0.15, -0.1) is 0 Å². The Balaban J connectivity index is 2.51. The standard InChI is InChI=1S/C12H25NO/c1-4-10(2)9-11(13)12(14-3)7-5-6-8-12/h10-11H,4-9,13H2,1-3H3. The van der Waals surface area contributed by atoms with Gasteiger partial charge in [-0.05, 0) is 25.2 Å². The second-order valence-electron chi connectivity index (χ2n) is 4.83. The zero-order valence-electron chi connectivity index (χ0n) is 9.88. The molecule has 2 N–H and O–H groups in total. The average Bonchev–Trinajstić information content (AvgIpc) is 2.67. The van der Waals surface area contributed by atoms with Crippen LogP contribution in [0.15, 0.2) is 0 Å². The summed E-state index contributed by atoms with van der Waals surface area (Å²) in [6.07, 6.45) is 7.18. The fourth-order valence-corrected chi connectivity index (χ4v) is 2.51. The molecular formula is C12H25NO. The molecule has 0 bridgehead atoms. The van der Waals surface area contributed by atoms with Crippen LogP contribution in [-0.4, -0.2) is 18.8 Å². The fourth-order valence-electron chi connectivity index (χ4n) is 2.51. The highest BCUT2D eigenvalue weighted by Gasteiger charge is 2.39. The van der Waals surface area contributed by atoms with Crippen molar-refractivity contribution in [1.82, 2.24) is 0 Å². The average molecular weight is 199 g/mol. The largest absolute Gasteiger partial charge is 0.377 e. The molecule has 0 spiro atoms. The molecule has 2 unspecified atom stereocenters. The van der Waals surface area contributed by atoms with Crippen LogP contribution in [0.3, 0.4) is 0 Å². The van der Waals surface area contributed by atoms with Gasteiger partial charge in [-0.1, -0.05) is 33.1 Å². The van der Waals surface area contributed by atoms with Gasteiger partial charge in [-0.25, -0.2) is 0 Å². The minimum absolute atomic E-state index is 0.00340. The quantitative estimate of drug-likeness (QED) is 0.739. The lowest BCUT2D eigenvalue weighted by molar-refractivity contribution is -0.0306. The van der Waals surface area contributed by atoms with Crippen LogP contribution in [0, 0.1) is 5.92 Å². The first-order valence-corrected chi connectivity index (χ1v) is 5.95. The van der Waals surface area contributed by atoms with E-state index in [1.54, 1.807) is 0 Å². The van der Waals surface area contributed by atoms with E-state index in [0.717, 1.165) is 25.2 Å². The van der Waals surface area contributed by atoms with E-state index in [2.05, 4.69) is 13.8 Å². The summed E-state index contributed by atoms with van der Waals surface area (Å²) in [7, 11) is 1.82. The Kier molecular flexibility index (Phi) is 4.39. The summed E-state index contributed by atoms with van der Waals surface area (Å²) < 4.78 is 5.68. The van der Waals surface area contributed by atoms with Crippen molar-refractivity contribution in [3.63, 3.8) is 0 Å². The first-order valence-electron chi connectivity index (χ1n) is 5.95. The zero-order chi connectivity index (χ0) is 10.6. The van der Waals surface area contributed by atoms with Crippen LogP contribution in [0.25, 0.3) is 0 Å². The predicted octanol–water partition coefficient (Wildman–Crippen LogP) is 2.71. The molecule has 0 aromatic rings. The monoisotopic (exact) mass is 199 g/mol. The number of ether oxygens (including phenoxy) is 1. The Labute approximate surface area is 88.2 Å². The van der Waals surface area contributed by atoms with Crippen LogP contribution in [0.5, 0.6) is 0 Å². The number of hydrogen-bond acceptors (Lipinski definition) is 2. The van der Waals surface area contributed by atoms with E-state index in [-0.39, 0.29) is 11.6 Å². The molecule has 2 atom stereocenters. The Hall–Kier alpha value is -0.0800. The molecule has 0 radical (unpaired) electrons. The minimum Gasteiger partial charge on any atom is -0.377 e. The zero-order valence-corrected chi connectivity index (χ0v) is 9.88. The molecule has 84 valence electrons. The third-order valence-electron chi connectivity index (χ3n) is 3.89. The summed E-state index contributed by atoms with van der Waals surface area (Å²) in [6.45, 7) is 4.50. The molecule has 1 aliphatic rings. The predicted molar refractivity (Wildman–Crippen MR) is 60.3 cm³/mol. The molecule has 0 aromatic heterocycles. The first-order chi connectivity index (χ1) is 6.64. The van der Waals surface area contributed by atoms with Crippen molar-refractivity contribution in [2.24, 2.45) is 11.7 Å². The van der Waals surface area contributed by atoms with Gasteiger partial charge in [0.25, 0.3) is 0 Å². The molecule has 1 aliphatic carbocycles. The Morgan fingerprint density at radius 1 is 1.36 bits per heavy atom. The van der Waals surface area contributed by atoms with Crippen molar-refractivity contribution >= 4 is 0 Å². The maximum atomic E-state index is 6.28. The van der Waals surface area contributed by atoms with E-state index in [9.17, 15) is 0 Å². The van der Waals surface area contributed by atoms with E-state index < -0.39 is 0 Å². The van der Waals surface area contributed by atoms with E-state index in [0.29, 0.717) is 0 Å². The van der Waals surface area contributed by atoms with Crippen molar-refractivity contribution in [1.29, 1.82) is 0 Å². The van der Waals surface area contributed by atoms with Crippen LogP contribution in [0.4, 0.5) is 0 Å². The summed E-state index contributed by atoms with van der Waals surface area (Å²) in [5, 5.41) is 0. The maximum absolute atomic E-state index is 6.28. The fraction of sp³-hybridized carbons (Fsp3) is 1.00. The highest BCUT2D eigenvalue weighted by Crippen LogP contribution is 2.36. The third-order valence-corrected chi connectivity index (χ3v) is 3.89. The Morgan fingerprint density at radius 3 is 2.36 bits per heavy atom. The Morgan fingerprint density at radius 2 is 1.93 bits per heavy atom. The highest BCUT2D eigenvalue weighted by molar-refractivity contribution is 4.95. The number of hydrogen-bond donors (Lipinski definition) is 1. The number of rotatable bonds is 5. The van der Waals surface area contributed by atoms with Gasteiger partial charge in [-0.3, -0.25) is 0 Å². The molecular weight excluding hydrogens is 174 g/mol. The molecule has 0 amide bonds. The molecule has 0 saturated heterocycles. The third kappa shape index (κ3) is 2.48. The van der Waals surface area contributed by atoms with Crippen molar-refractivity contribution in [3.8, 4) is 0 Å². The summed E-state index contributed by atoms with van der Waals surface area (Å²) in [6, 6.07) is 0.227. The highest BCUT2D eigenvalue weighted by atomic mass is 16.5. The summed E-state index contributed by atoms with van der Waals surface area (Å²) in [4.78, 5) is 0. The smallest absolute Gasteiger partial charge is 0.0828 e. The van der Waals surface area contributed by atoms with Crippen LogP contribution < -0.4 is 5.73 Å². The molecule has 1 rings (SSSR count).